The van der Waals surface area contributed by atoms with Crippen LogP contribution in [0, 0.1) is 0 Å². The Hall–Kier alpha value is -3.31. The normalized spacial score (nSPS) is 12.8. The molecule has 33 heavy (non-hydrogen) atoms. The second-order valence-electron chi connectivity index (χ2n) is 6.68. The highest BCUT2D eigenvalue weighted by Gasteiger charge is 2.38. The fourth-order valence-electron chi connectivity index (χ4n) is 2.70. The number of carboxylic acid groups (broad SMARTS) is 1. The topological polar surface area (TPSA) is 121 Å². The molecule has 0 spiro atoms. The van der Waals surface area contributed by atoms with Gasteiger partial charge in [0.2, 0.25) is 11.7 Å². The van der Waals surface area contributed by atoms with E-state index in [1.54, 1.807) is 19.2 Å². The van der Waals surface area contributed by atoms with Crippen molar-refractivity contribution in [3.8, 4) is 22.9 Å². The van der Waals surface area contributed by atoms with Crippen molar-refractivity contribution in [1.29, 1.82) is 0 Å². The van der Waals surface area contributed by atoms with Gasteiger partial charge in [-0.15, -0.1) is 0 Å². The van der Waals surface area contributed by atoms with E-state index in [1.807, 2.05) is 37.3 Å². The molecule has 12 heteroatoms. The van der Waals surface area contributed by atoms with E-state index in [4.69, 9.17) is 41.2 Å². The number of hydrogen-bond donors (Lipinski definition) is 2. The predicted molar refractivity (Wildman–Crippen MR) is 113 cm³/mol. The van der Waals surface area contributed by atoms with Gasteiger partial charge in [-0.05, 0) is 17.7 Å². The average Bonchev–Trinajstić information content (AvgIpc) is 3.28. The highest BCUT2D eigenvalue weighted by Crippen LogP contribution is 2.39. The van der Waals surface area contributed by atoms with E-state index in [1.165, 1.54) is 7.11 Å². The molecular formula is C21H21ClF3N3O5. The van der Waals surface area contributed by atoms with Crippen LogP contribution in [-0.4, -0.2) is 41.6 Å². The quantitative estimate of drug-likeness (QED) is 0.506. The number of carboxylic acids is 1. The van der Waals surface area contributed by atoms with Crippen molar-refractivity contribution in [3.63, 3.8) is 0 Å². The minimum atomic E-state index is -5.08. The van der Waals surface area contributed by atoms with E-state index in [2.05, 4.69) is 10.1 Å². The second-order valence-corrected chi connectivity index (χ2v) is 7.09. The summed E-state index contributed by atoms with van der Waals surface area (Å²) in [6, 6.07) is 13.0. The van der Waals surface area contributed by atoms with Crippen molar-refractivity contribution in [2.45, 2.75) is 25.1 Å². The molecule has 8 nitrogen and oxygen atoms in total. The molecule has 0 aliphatic rings. The van der Waals surface area contributed by atoms with Gasteiger partial charge in [0, 0.05) is 11.6 Å². The van der Waals surface area contributed by atoms with Crippen LogP contribution in [0.3, 0.4) is 0 Å². The Labute approximate surface area is 192 Å². The van der Waals surface area contributed by atoms with E-state index in [9.17, 15) is 13.2 Å². The van der Waals surface area contributed by atoms with Crippen LogP contribution in [0.1, 0.15) is 30.3 Å². The largest absolute Gasteiger partial charge is 0.493 e. The summed E-state index contributed by atoms with van der Waals surface area (Å²) in [5, 5.41) is 11.6. The van der Waals surface area contributed by atoms with Crippen molar-refractivity contribution in [3.05, 3.63) is 58.9 Å². The van der Waals surface area contributed by atoms with Crippen molar-refractivity contribution >= 4 is 17.6 Å². The molecule has 2 atom stereocenters. The van der Waals surface area contributed by atoms with Gasteiger partial charge in [0.05, 0.1) is 25.2 Å². The Balaban J connectivity index is 0.000000479. The summed E-state index contributed by atoms with van der Waals surface area (Å²) >= 11 is 6.25. The summed E-state index contributed by atoms with van der Waals surface area (Å²) < 4.78 is 47.7. The van der Waals surface area contributed by atoms with Crippen LogP contribution >= 0.6 is 11.6 Å². The van der Waals surface area contributed by atoms with Gasteiger partial charge in [0.1, 0.15) is 0 Å². The van der Waals surface area contributed by atoms with Crippen LogP contribution < -0.4 is 15.2 Å². The van der Waals surface area contributed by atoms with Crippen LogP contribution in [0.4, 0.5) is 13.2 Å². The molecule has 0 amide bonds. The number of nitrogens with two attached hydrogens (primary N) is 1. The van der Waals surface area contributed by atoms with Crippen molar-refractivity contribution < 1.29 is 37.1 Å². The van der Waals surface area contributed by atoms with Crippen molar-refractivity contribution in [1.82, 2.24) is 10.1 Å². The van der Waals surface area contributed by atoms with Gasteiger partial charge in [0.15, 0.2) is 11.5 Å². The highest BCUT2D eigenvalue weighted by atomic mass is 35.5. The molecule has 0 radical (unpaired) electrons. The number of hydrogen-bond acceptors (Lipinski definition) is 7. The number of nitrogens with zero attached hydrogens (tertiary/aromatic N) is 2. The lowest BCUT2D eigenvalue weighted by Crippen LogP contribution is -2.21. The summed E-state index contributed by atoms with van der Waals surface area (Å²) in [6.07, 6.45) is -5.08. The van der Waals surface area contributed by atoms with Gasteiger partial charge in [-0.3, -0.25) is 0 Å². The van der Waals surface area contributed by atoms with Gasteiger partial charge < -0.3 is 24.8 Å². The number of carbonyl (C=O) groups is 1. The zero-order valence-electron chi connectivity index (χ0n) is 17.8. The number of aromatic nitrogens is 2. The SMILES string of the molecule is COc1cc(-c2noc(C(C)C(N)c3ccccc3)n2)cc(Cl)c1OC.O=C(O)C(F)(F)F. The van der Waals surface area contributed by atoms with E-state index < -0.39 is 12.1 Å². The Morgan fingerprint density at radius 2 is 1.79 bits per heavy atom. The number of ether oxygens (including phenoxy) is 2. The first kappa shape index (κ1) is 25.9. The third kappa shape index (κ3) is 6.59. The minimum absolute atomic E-state index is 0.144. The molecule has 3 rings (SSSR count). The Kier molecular flexibility index (Phi) is 8.66. The van der Waals surface area contributed by atoms with Gasteiger partial charge in [-0.1, -0.05) is 54.0 Å². The van der Waals surface area contributed by atoms with Crippen LogP contribution in [0.15, 0.2) is 47.0 Å². The predicted octanol–water partition coefficient (Wildman–Crippen LogP) is 4.84. The lowest BCUT2D eigenvalue weighted by atomic mass is 9.95. The molecular weight excluding hydrogens is 467 g/mol. The second kappa shape index (κ2) is 11.0. The fraction of sp³-hybridized carbons (Fsp3) is 0.286. The van der Waals surface area contributed by atoms with Crippen molar-refractivity contribution in [2.75, 3.05) is 14.2 Å². The highest BCUT2D eigenvalue weighted by molar-refractivity contribution is 6.32. The molecule has 0 saturated heterocycles. The Bertz CT molecular complexity index is 1080. The van der Waals surface area contributed by atoms with Gasteiger partial charge in [-0.25, -0.2) is 4.79 Å². The molecule has 3 N–H and O–H groups in total. The van der Waals surface area contributed by atoms with E-state index in [0.717, 1.165) is 5.56 Å². The summed E-state index contributed by atoms with van der Waals surface area (Å²) in [5.41, 5.74) is 8.02. The zero-order chi connectivity index (χ0) is 24.8. The summed E-state index contributed by atoms with van der Waals surface area (Å²) in [5.74, 6) is -1.07. The smallest absolute Gasteiger partial charge is 0.490 e. The molecule has 0 saturated carbocycles. The first-order valence-electron chi connectivity index (χ1n) is 9.35. The van der Waals surface area contributed by atoms with E-state index in [-0.39, 0.29) is 12.0 Å². The molecule has 0 aliphatic heterocycles. The number of aliphatic carboxylic acids is 1. The number of benzene rings is 2. The summed E-state index contributed by atoms with van der Waals surface area (Å²) in [7, 11) is 3.07. The molecule has 1 aromatic heterocycles. The number of methoxy groups -OCH3 is 2. The number of alkyl halides is 3. The van der Waals surface area contributed by atoms with Gasteiger partial charge >= 0.3 is 12.1 Å². The zero-order valence-corrected chi connectivity index (χ0v) is 18.5. The number of halogens is 4. The molecule has 2 aromatic carbocycles. The molecule has 0 aliphatic carbocycles. The Morgan fingerprint density at radius 1 is 1.18 bits per heavy atom. The first-order chi connectivity index (χ1) is 15.5. The van der Waals surface area contributed by atoms with Crippen LogP contribution in [0.5, 0.6) is 11.5 Å². The molecule has 0 bridgehead atoms. The van der Waals surface area contributed by atoms with Gasteiger partial charge in [-0.2, -0.15) is 18.2 Å². The fourth-order valence-corrected chi connectivity index (χ4v) is 2.99. The summed E-state index contributed by atoms with van der Waals surface area (Å²) in [4.78, 5) is 13.4. The maximum atomic E-state index is 10.6. The monoisotopic (exact) mass is 487 g/mol. The molecule has 2 unspecified atom stereocenters. The maximum Gasteiger partial charge on any atom is 0.490 e. The van der Waals surface area contributed by atoms with Crippen molar-refractivity contribution in [2.24, 2.45) is 5.73 Å². The standard InChI is InChI=1S/C19H20ClN3O3.C2HF3O2/c1-11(16(21)12-7-5-4-6-8-12)19-22-18(23-26-19)13-9-14(20)17(25-3)15(10-13)24-2;3-2(4,5)1(6)7/h4-11,16H,21H2,1-3H3;(H,6,7). The lowest BCUT2D eigenvalue weighted by Gasteiger charge is -2.16. The van der Waals surface area contributed by atoms with E-state index in [0.29, 0.717) is 33.8 Å². The Morgan fingerprint density at radius 3 is 2.30 bits per heavy atom. The van der Waals surface area contributed by atoms with Gasteiger partial charge in [0.25, 0.3) is 0 Å². The first-order valence-corrected chi connectivity index (χ1v) is 9.73. The minimum Gasteiger partial charge on any atom is -0.493 e. The van der Waals surface area contributed by atoms with E-state index >= 15 is 0 Å². The molecule has 0 fully saturated rings. The summed E-state index contributed by atoms with van der Waals surface area (Å²) in [6.45, 7) is 1.95. The third-order valence-electron chi connectivity index (χ3n) is 4.49. The van der Waals surface area contributed by atoms with Crippen LogP contribution in [0.25, 0.3) is 11.4 Å². The molecule has 178 valence electrons. The molecule has 3 aromatic rings. The van der Waals surface area contributed by atoms with Crippen LogP contribution in [-0.2, 0) is 4.79 Å². The number of rotatable bonds is 6. The third-order valence-corrected chi connectivity index (χ3v) is 4.77. The lowest BCUT2D eigenvalue weighted by molar-refractivity contribution is -0.192. The average molecular weight is 488 g/mol. The van der Waals surface area contributed by atoms with Crippen LogP contribution in [0.2, 0.25) is 5.02 Å². The maximum absolute atomic E-state index is 10.6. The molecule has 1 heterocycles.